The summed E-state index contributed by atoms with van der Waals surface area (Å²) >= 11 is 2.00. The Morgan fingerprint density at radius 2 is 0.390 bits per heavy atom. The van der Waals surface area contributed by atoms with Crippen molar-refractivity contribution in [1.29, 1.82) is 0 Å². The fourth-order valence-corrected chi connectivity index (χ4v) is 20.4. The molecule has 1 saturated heterocycles. The van der Waals surface area contributed by atoms with E-state index in [0.717, 1.165) is 53.3 Å². The summed E-state index contributed by atoms with van der Waals surface area (Å²) in [4.78, 5) is 5.34. The number of nitrogens with zero attached hydrogens (tertiary/aromatic N) is 2. The third kappa shape index (κ3) is 72.4. The van der Waals surface area contributed by atoms with Gasteiger partial charge < -0.3 is 9.80 Å². The topological polar surface area (TPSA) is 6.48 Å². The average Bonchev–Trinajstić information content (AvgIpc) is 1.72. The van der Waals surface area contributed by atoms with Gasteiger partial charge in [-0.05, 0) is 113 Å². The highest BCUT2D eigenvalue weighted by Gasteiger charge is 2.37. The normalized spacial score (nSPS) is 18.9. The molecule has 0 aromatic heterocycles. The van der Waals surface area contributed by atoms with Gasteiger partial charge in [0.2, 0.25) is 0 Å². The molecule has 9 unspecified atom stereocenters. The molecule has 0 spiro atoms. The predicted molar refractivity (Wildman–Crippen MR) is 490 cm³/mol. The van der Waals surface area contributed by atoms with Gasteiger partial charge in [-0.1, -0.05) is 513 Å². The molecule has 1 aliphatic heterocycles. The molecule has 628 valence electrons. The molecule has 0 aromatic carbocycles. The summed E-state index contributed by atoms with van der Waals surface area (Å²) in [6.45, 7) is 21.4. The molecule has 0 N–H and O–H groups in total. The van der Waals surface area contributed by atoms with E-state index in [2.05, 4.69) is 93.9 Å². The Morgan fingerprint density at radius 3 is 0.590 bits per heavy atom. The quantitative estimate of drug-likeness (QED) is 0.0339. The first-order valence-corrected chi connectivity index (χ1v) is 53.6. The van der Waals surface area contributed by atoms with Crippen LogP contribution in [-0.4, -0.2) is 73.1 Å². The fraction of sp³-hybridized carbons (Fsp3) is 1.00. The van der Waals surface area contributed by atoms with Crippen LogP contribution in [-0.2, 0) is 0 Å². The van der Waals surface area contributed by atoms with Crippen LogP contribution in [0.3, 0.4) is 0 Å². The molecule has 105 heavy (non-hydrogen) atoms. The molecular formula is C100H200N2S3. The van der Waals surface area contributed by atoms with Gasteiger partial charge in [0, 0.05) is 36.1 Å². The van der Waals surface area contributed by atoms with E-state index in [-0.39, 0.29) is 0 Å². The molecule has 1 heterocycles. The number of rotatable bonds is 85. The first kappa shape index (κ1) is 102. The van der Waals surface area contributed by atoms with Crippen molar-refractivity contribution >= 4 is 33.3 Å². The first-order valence-electron chi connectivity index (χ1n) is 50.0. The van der Waals surface area contributed by atoms with E-state index in [1.54, 1.807) is 57.8 Å². The molecule has 0 bridgehead atoms. The second-order valence-corrected chi connectivity index (χ2v) is 40.8. The molecule has 0 radical (unpaired) electrons. The van der Waals surface area contributed by atoms with Gasteiger partial charge in [0.15, 0.2) is 0 Å². The molecule has 4 aliphatic rings. The summed E-state index contributed by atoms with van der Waals surface area (Å²) in [5, 5.41) is 0. The van der Waals surface area contributed by atoms with E-state index in [1.807, 2.05) is 11.8 Å². The zero-order valence-corrected chi connectivity index (χ0v) is 76.7. The van der Waals surface area contributed by atoms with Gasteiger partial charge in [0.25, 0.3) is 0 Å². The molecule has 4 rings (SSSR count). The van der Waals surface area contributed by atoms with E-state index < -0.39 is 0 Å². The van der Waals surface area contributed by atoms with E-state index in [0.29, 0.717) is 0 Å². The van der Waals surface area contributed by atoms with E-state index in [9.17, 15) is 0 Å². The van der Waals surface area contributed by atoms with Crippen LogP contribution < -0.4 is 0 Å². The zero-order valence-electron chi connectivity index (χ0n) is 74.3. The molecule has 3 aliphatic carbocycles. The second-order valence-electron chi connectivity index (χ2n) is 36.9. The van der Waals surface area contributed by atoms with Crippen LogP contribution >= 0.6 is 33.3 Å². The average molecular weight is 1530 g/mol. The summed E-state index contributed by atoms with van der Waals surface area (Å²) in [5.74, 6) is 15.0. The molecule has 5 heteroatoms. The highest BCUT2D eigenvalue weighted by molar-refractivity contribution is 8.76. The number of hydrogen-bond donors (Lipinski definition) is 0. The van der Waals surface area contributed by atoms with Crippen LogP contribution in [0, 0.1) is 53.3 Å². The van der Waals surface area contributed by atoms with Gasteiger partial charge in [-0.25, -0.2) is 0 Å². The predicted octanol–water partition coefficient (Wildman–Crippen LogP) is 35.5. The monoisotopic (exact) mass is 1530 g/mol. The standard InChI is InChI=1S/C66H132N2S2.C32H64.C2H4S/c1-7-11-15-19-23-27-35-43-61(45-37-29-25-33-41-49-65-59-63(65)47-39-31-21-17-13-9-3)51-53-67(5)55-57-69-70-58-56-68(6)54-52-62(44-36-28-24-20-16-12-8-2)46-38-30-26-34-42-50-66-60-64(66)48-40-32-22-18-14-10-4;1-4-7-10-12-14-16-20-25-30(24-9-6-3)26-21-17-15-19-23-28-32-29-31(32)27-22-18-13-11-8-5-2;1-2-3-1/h61-66H,7-60H2,1-6H3;30-32H,4-29H2,1-3H3;1-2H2. The first-order chi connectivity index (χ1) is 51.8. The van der Waals surface area contributed by atoms with Crippen molar-refractivity contribution in [2.24, 2.45) is 53.3 Å². The Labute approximate surface area is 678 Å². The van der Waals surface area contributed by atoms with E-state index >= 15 is 0 Å². The van der Waals surface area contributed by atoms with Crippen molar-refractivity contribution < 1.29 is 0 Å². The van der Waals surface area contributed by atoms with Crippen molar-refractivity contribution in [3.8, 4) is 0 Å². The van der Waals surface area contributed by atoms with Gasteiger partial charge in [-0.15, -0.1) is 0 Å². The molecule has 0 amide bonds. The molecule has 3 saturated carbocycles. The summed E-state index contributed by atoms with van der Waals surface area (Å²) in [5.41, 5.74) is 0. The maximum absolute atomic E-state index is 2.67. The van der Waals surface area contributed by atoms with Gasteiger partial charge in [-0.3, -0.25) is 0 Å². The van der Waals surface area contributed by atoms with E-state index in [4.69, 9.17) is 0 Å². The highest BCUT2D eigenvalue weighted by atomic mass is 33.1. The van der Waals surface area contributed by atoms with Crippen molar-refractivity contribution in [3.63, 3.8) is 0 Å². The molecule has 9 atom stereocenters. The lowest BCUT2D eigenvalue weighted by atomic mass is 9.90. The summed E-state index contributed by atoms with van der Waals surface area (Å²) < 4.78 is 0. The van der Waals surface area contributed by atoms with Gasteiger partial charge in [-0.2, -0.15) is 11.8 Å². The molecular weight excluding hydrogens is 1330 g/mol. The third-order valence-electron chi connectivity index (χ3n) is 26.4. The van der Waals surface area contributed by atoms with Crippen LogP contribution in [0.25, 0.3) is 0 Å². The maximum Gasteiger partial charge on any atom is 0.0165 e. The Hall–Kier alpha value is 0.970. The summed E-state index contributed by atoms with van der Waals surface area (Å²) in [7, 11) is 9.10. The lowest BCUT2D eigenvalue weighted by Crippen LogP contribution is -2.25. The largest absolute Gasteiger partial charge is 0.306 e. The minimum Gasteiger partial charge on any atom is -0.306 e. The number of unbranched alkanes of at least 4 members (excludes halogenated alkanes) is 46. The van der Waals surface area contributed by atoms with Crippen LogP contribution in [0.2, 0.25) is 0 Å². The van der Waals surface area contributed by atoms with Gasteiger partial charge in [0.05, 0.1) is 0 Å². The highest BCUT2D eigenvalue weighted by Crippen LogP contribution is 2.48. The number of thioether (sulfide) groups is 1. The SMILES string of the molecule is C1CS1.CCCCCCCCCC(CCCC)CCCCCCCC1CC1CCCCCCCC.CCCCCCCCCC(CCCCCCCC1CC1CCCCCCCC)CCN(C)CCSSCCN(C)CCC(CCCCCCCCC)CCCCCCCC1CC1CCCCCCCC. The summed E-state index contributed by atoms with van der Waals surface area (Å²) in [6, 6.07) is 0. The second kappa shape index (κ2) is 80.2. The maximum atomic E-state index is 2.67. The minimum atomic E-state index is 0.953. The van der Waals surface area contributed by atoms with E-state index in [1.165, 1.54) is 467 Å². The lowest BCUT2D eigenvalue weighted by molar-refractivity contribution is 0.290. The van der Waals surface area contributed by atoms with Crippen molar-refractivity contribution in [2.45, 2.75) is 524 Å². The van der Waals surface area contributed by atoms with Crippen LogP contribution in [0.5, 0.6) is 0 Å². The van der Waals surface area contributed by atoms with Gasteiger partial charge >= 0.3 is 0 Å². The third-order valence-corrected chi connectivity index (χ3v) is 29.2. The Kier molecular flexibility index (Phi) is 77.9. The van der Waals surface area contributed by atoms with Crippen LogP contribution in [0.1, 0.15) is 524 Å². The summed E-state index contributed by atoms with van der Waals surface area (Å²) in [6.07, 6.45) is 110. The molecule has 0 aromatic rings. The molecule has 4 fully saturated rings. The van der Waals surface area contributed by atoms with Crippen LogP contribution in [0.4, 0.5) is 0 Å². The Balaban J connectivity index is 0.000000882. The smallest absolute Gasteiger partial charge is 0.0165 e. The lowest BCUT2D eigenvalue weighted by Gasteiger charge is -2.22. The zero-order chi connectivity index (χ0) is 75.5. The van der Waals surface area contributed by atoms with Crippen molar-refractivity contribution in [3.05, 3.63) is 0 Å². The fourth-order valence-electron chi connectivity index (χ4n) is 18.2. The van der Waals surface area contributed by atoms with Crippen molar-refractivity contribution in [2.75, 3.05) is 63.3 Å². The van der Waals surface area contributed by atoms with Crippen molar-refractivity contribution in [1.82, 2.24) is 9.80 Å². The van der Waals surface area contributed by atoms with Gasteiger partial charge in [0.1, 0.15) is 0 Å². The van der Waals surface area contributed by atoms with Crippen LogP contribution in [0.15, 0.2) is 0 Å². The minimum absolute atomic E-state index is 0.953. The molecule has 2 nitrogen and oxygen atoms in total. The Bertz CT molecular complexity index is 1570. The number of hydrogen-bond acceptors (Lipinski definition) is 5. The Morgan fingerprint density at radius 1 is 0.219 bits per heavy atom.